The molecular weight excluding hydrogens is 260 g/mol. The molecule has 0 unspecified atom stereocenters. The van der Waals surface area contributed by atoms with Gasteiger partial charge in [0.05, 0.1) is 11.8 Å². The topological polar surface area (TPSA) is 72.3 Å². The van der Waals surface area contributed by atoms with Crippen LogP contribution >= 0.6 is 15.9 Å². The number of hydrogen-bond acceptors (Lipinski definition) is 4. The van der Waals surface area contributed by atoms with Gasteiger partial charge in [-0.3, -0.25) is 0 Å². The zero-order valence-electron chi connectivity index (χ0n) is 7.99. The van der Waals surface area contributed by atoms with E-state index in [-0.39, 0.29) is 11.6 Å². The van der Waals surface area contributed by atoms with E-state index in [9.17, 15) is 5.11 Å². The Morgan fingerprint density at radius 1 is 1.40 bits per heavy atom. The number of phenols is 1. The van der Waals surface area contributed by atoms with Crippen LogP contribution in [0.25, 0.3) is 11.1 Å². The molecule has 3 N–H and O–H groups in total. The molecule has 0 saturated heterocycles. The van der Waals surface area contributed by atoms with E-state index < -0.39 is 0 Å². The quantitative estimate of drug-likeness (QED) is 0.834. The molecule has 0 radical (unpaired) electrons. The highest BCUT2D eigenvalue weighted by atomic mass is 79.9. The van der Waals surface area contributed by atoms with Gasteiger partial charge in [0, 0.05) is 10.0 Å². The maximum atomic E-state index is 9.87. The van der Waals surface area contributed by atoms with Crippen LogP contribution in [0.4, 0.5) is 5.88 Å². The van der Waals surface area contributed by atoms with Crippen molar-refractivity contribution in [2.45, 2.75) is 6.92 Å². The summed E-state index contributed by atoms with van der Waals surface area (Å²) in [6, 6.07) is 3.59. The minimum absolute atomic E-state index is 0.188. The molecular formula is C10H9BrN2O2. The van der Waals surface area contributed by atoms with Gasteiger partial charge in [0.25, 0.3) is 0 Å². The van der Waals surface area contributed by atoms with Crippen LogP contribution in [0.15, 0.2) is 27.3 Å². The lowest BCUT2D eigenvalue weighted by Crippen LogP contribution is -1.87. The number of phenolic OH excluding ortho intramolecular Hbond substituents is 1. The first-order chi connectivity index (χ1) is 7.09. The van der Waals surface area contributed by atoms with Gasteiger partial charge in [-0.1, -0.05) is 21.1 Å². The summed E-state index contributed by atoms with van der Waals surface area (Å²) in [6.07, 6.45) is 1.48. The number of benzene rings is 1. The van der Waals surface area contributed by atoms with Crippen molar-refractivity contribution in [2.24, 2.45) is 0 Å². The highest BCUT2D eigenvalue weighted by Crippen LogP contribution is 2.37. The smallest absolute Gasteiger partial charge is 0.230 e. The van der Waals surface area contributed by atoms with E-state index in [1.165, 1.54) is 6.20 Å². The van der Waals surface area contributed by atoms with Crippen molar-refractivity contribution in [2.75, 3.05) is 5.73 Å². The van der Waals surface area contributed by atoms with Crippen molar-refractivity contribution >= 4 is 21.8 Å². The van der Waals surface area contributed by atoms with Crippen LogP contribution in [0.5, 0.6) is 5.75 Å². The Balaban J connectivity index is 2.68. The Morgan fingerprint density at radius 2 is 2.13 bits per heavy atom. The number of anilines is 1. The van der Waals surface area contributed by atoms with Gasteiger partial charge in [0.1, 0.15) is 5.75 Å². The first-order valence-electron chi connectivity index (χ1n) is 4.29. The van der Waals surface area contributed by atoms with Gasteiger partial charge in [-0.2, -0.15) is 0 Å². The molecule has 15 heavy (non-hydrogen) atoms. The third kappa shape index (κ3) is 1.70. The molecule has 2 aromatic rings. The van der Waals surface area contributed by atoms with Crippen LogP contribution in [-0.4, -0.2) is 10.3 Å². The van der Waals surface area contributed by atoms with Gasteiger partial charge in [0.2, 0.25) is 5.88 Å². The lowest BCUT2D eigenvalue weighted by molar-refractivity contribution is 0.436. The average Bonchev–Trinajstić information content (AvgIpc) is 2.58. The molecule has 0 fully saturated rings. The van der Waals surface area contributed by atoms with Crippen LogP contribution < -0.4 is 5.73 Å². The Morgan fingerprint density at radius 3 is 2.73 bits per heavy atom. The number of nitrogens with zero attached hydrogens (tertiary/aromatic N) is 1. The second-order valence-corrected chi connectivity index (χ2v) is 4.14. The molecule has 1 aromatic carbocycles. The molecule has 5 heteroatoms. The second kappa shape index (κ2) is 3.58. The van der Waals surface area contributed by atoms with Gasteiger partial charge < -0.3 is 15.4 Å². The first kappa shape index (κ1) is 10.0. The minimum Gasteiger partial charge on any atom is -0.507 e. The van der Waals surface area contributed by atoms with E-state index in [1.54, 1.807) is 6.07 Å². The molecule has 0 amide bonds. The van der Waals surface area contributed by atoms with Crippen molar-refractivity contribution in [3.8, 4) is 16.9 Å². The molecule has 1 aromatic heterocycles. The van der Waals surface area contributed by atoms with Crippen LogP contribution in [0.1, 0.15) is 5.56 Å². The number of aromatic hydroxyl groups is 1. The maximum absolute atomic E-state index is 9.87. The number of aryl methyl sites for hydroxylation is 1. The molecule has 78 valence electrons. The summed E-state index contributed by atoms with van der Waals surface area (Å²) in [5, 5.41) is 13.4. The second-order valence-electron chi connectivity index (χ2n) is 3.22. The lowest BCUT2D eigenvalue weighted by atomic mass is 10.0. The Hall–Kier alpha value is -1.49. The zero-order chi connectivity index (χ0) is 11.0. The molecule has 0 aliphatic heterocycles. The minimum atomic E-state index is 0.188. The summed E-state index contributed by atoms with van der Waals surface area (Å²) in [6.45, 7) is 1.81. The van der Waals surface area contributed by atoms with E-state index in [4.69, 9.17) is 10.3 Å². The highest BCUT2D eigenvalue weighted by molar-refractivity contribution is 9.10. The van der Waals surface area contributed by atoms with Crippen LogP contribution in [0.3, 0.4) is 0 Å². The van der Waals surface area contributed by atoms with Crippen molar-refractivity contribution < 1.29 is 9.63 Å². The van der Waals surface area contributed by atoms with E-state index in [1.807, 2.05) is 13.0 Å². The number of nitrogens with two attached hydrogens (primary N) is 1. The van der Waals surface area contributed by atoms with E-state index in [2.05, 4.69) is 21.1 Å². The third-order valence-electron chi connectivity index (χ3n) is 2.15. The van der Waals surface area contributed by atoms with E-state index in [0.29, 0.717) is 11.1 Å². The van der Waals surface area contributed by atoms with Gasteiger partial charge in [0.15, 0.2) is 0 Å². The summed E-state index contributed by atoms with van der Waals surface area (Å²) in [4.78, 5) is 0. The largest absolute Gasteiger partial charge is 0.507 e. The van der Waals surface area contributed by atoms with Gasteiger partial charge in [-0.25, -0.2) is 0 Å². The van der Waals surface area contributed by atoms with Gasteiger partial charge >= 0.3 is 0 Å². The molecule has 0 atom stereocenters. The summed E-state index contributed by atoms with van der Waals surface area (Å²) < 4.78 is 5.62. The number of nitrogen functional groups attached to an aromatic ring is 1. The van der Waals surface area contributed by atoms with Crippen molar-refractivity contribution in [1.29, 1.82) is 0 Å². The maximum Gasteiger partial charge on any atom is 0.230 e. The van der Waals surface area contributed by atoms with E-state index >= 15 is 0 Å². The summed E-state index contributed by atoms with van der Waals surface area (Å²) >= 11 is 3.35. The lowest BCUT2D eigenvalue weighted by Gasteiger charge is -2.06. The molecule has 0 bridgehead atoms. The summed E-state index contributed by atoms with van der Waals surface area (Å²) in [5.74, 6) is 0.385. The van der Waals surface area contributed by atoms with Crippen molar-refractivity contribution in [3.05, 3.63) is 28.4 Å². The number of rotatable bonds is 1. The monoisotopic (exact) mass is 268 g/mol. The SMILES string of the molecule is Cc1cc(Br)cc(-c2cnoc2N)c1O. The van der Waals surface area contributed by atoms with E-state index in [0.717, 1.165) is 10.0 Å². The molecule has 4 nitrogen and oxygen atoms in total. The fourth-order valence-corrected chi connectivity index (χ4v) is 1.96. The predicted octanol–water partition coefficient (Wildman–Crippen LogP) is 2.70. The molecule has 0 spiro atoms. The zero-order valence-corrected chi connectivity index (χ0v) is 9.58. The van der Waals surface area contributed by atoms with Crippen molar-refractivity contribution in [1.82, 2.24) is 5.16 Å². The van der Waals surface area contributed by atoms with Gasteiger partial charge in [-0.15, -0.1) is 0 Å². The number of hydrogen-bond donors (Lipinski definition) is 2. The third-order valence-corrected chi connectivity index (χ3v) is 2.61. The average molecular weight is 269 g/mol. The Bertz CT molecular complexity index is 508. The Kier molecular flexibility index (Phi) is 2.40. The molecule has 2 rings (SSSR count). The fraction of sp³-hybridized carbons (Fsp3) is 0.100. The van der Waals surface area contributed by atoms with Crippen LogP contribution in [0, 0.1) is 6.92 Å². The summed E-state index contributed by atoms with van der Waals surface area (Å²) in [7, 11) is 0. The highest BCUT2D eigenvalue weighted by Gasteiger charge is 2.13. The molecule has 0 aliphatic rings. The first-order valence-corrected chi connectivity index (χ1v) is 5.08. The number of aromatic nitrogens is 1. The Labute approximate surface area is 94.8 Å². The standard InChI is InChI=1S/C10H9BrN2O2/c1-5-2-6(11)3-7(9(5)14)8-4-13-15-10(8)12/h2-4,14H,12H2,1H3. The normalized spacial score (nSPS) is 10.5. The molecule has 1 heterocycles. The number of halogens is 1. The predicted molar refractivity (Wildman–Crippen MR) is 60.5 cm³/mol. The summed E-state index contributed by atoms with van der Waals surface area (Å²) in [5.41, 5.74) is 7.56. The van der Waals surface area contributed by atoms with Crippen molar-refractivity contribution in [3.63, 3.8) is 0 Å². The molecule has 0 aliphatic carbocycles. The fourth-order valence-electron chi connectivity index (χ4n) is 1.39. The van der Waals surface area contributed by atoms with Crippen LogP contribution in [-0.2, 0) is 0 Å². The molecule has 0 saturated carbocycles. The van der Waals surface area contributed by atoms with Gasteiger partial charge in [-0.05, 0) is 24.6 Å². The van der Waals surface area contributed by atoms with Crippen LogP contribution in [0.2, 0.25) is 0 Å².